The average molecular weight is 599 g/mol. The Balaban J connectivity index is 3.80. The number of carbonyl (C=O) groups is 2. The van der Waals surface area contributed by atoms with Crippen LogP contribution in [0.4, 0.5) is 0 Å². The third-order valence-electron chi connectivity index (χ3n) is 8.09. The Kier molecular flexibility index (Phi) is 31.8. The van der Waals surface area contributed by atoms with E-state index in [2.05, 4.69) is 25.7 Å². The summed E-state index contributed by atoms with van der Waals surface area (Å²) in [6.07, 6.45) is 24.9. The smallest absolute Gasteiger partial charge is 0.342 e. The van der Waals surface area contributed by atoms with Gasteiger partial charge < -0.3 is 15.4 Å². The first kappa shape index (κ1) is 40.8. The molecule has 0 aromatic carbocycles. The van der Waals surface area contributed by atoms with Crippen LogP contribution in [-0.4, -0.2) is 56.2 Å². The second kappa shape index (κ2) is 32.7. The summed E-state index contributed by atoms with van der Waals surface area (Å²) in [5, 5.41) is 0. The minimum atomic E-state index is -0.247. The zero-order valence-corrected chi connectivity index (χ0v) is 28.1. The highest BCUT2D eigenvalue weighted by molar-refractivity contribution is 5.69. The molecule has 0 aliphatic carbocycles. The molecule has 2 N–H and O–H groups in total. The molecule has 0 spiro atoms. The van der Waals surface area contributed by atoms with Gasteiger partial charge in [0.05, 0.1) is 13.2 Å². The molecule has 0 saturated carbocycles. The summed E-state index contributed by atoms with van der Waals surface area (Å²) in [6.45, 7) is 11.8. The molecular formula is C35H70N2O5. The molecule has 0 unspecified atom stereocenters. The Morgan fingerprint density at radius 1 is 0.571 bits per heavy atom. The number of nitrogens with two attached hydrogens (primary N) is 1. The maximum absolute atomic E-state index is 12.1. The molecule has 0 rings (SSSR count). The number of esters is 1. The van der Waals surface area contributed by atoms with Gasteiger partial charge >= 0.3 is 11.9 Å². The third-order valence-corrected chi connectivity index (χ3v) is 8.09. The van der Waals surface area contributed by atoms with Crippen molar-refractivity contribution in [3.8, 4) is 0 Å². The molecule has 0 aliphatic rings. The zero-order chi connectivity index (χ0) is 30.9. The number of hydrogen-bond donors (Lipinski definition) is 1. The molecule has 0 aromatic rings. The Hall–Kier alpha value is -1.18. The van der Waals surface area contributed by atoms with Crippen molar-refractivity contribution < 1.29 is 24.1 Å². The fourth-order valence-corrected chi connectivity index (χ4v) is 5.31. The Bertz CT molecular complexity index is 582. The normalized spacial score (nSPS) is 11.5. The van der Waals surface area contributed by atoms with E-state index in [1.807, 2.05) is 0 Å². The second-order valence-corrected chi connectivity index (χ2v) is 12.2. The van der Waals surface area contributed by atoms with E-state index >= 15 is 0 Å². The van der Waals surface area contributed by atoms with Crippen molar-refractivity contribution in [1.82, 2.24) is 4.90 Å². The fourth-order valence-electron chi connectivity index (χ4n) is 5.31. The molecule has 0 saturated heterocycles. The van der Waals surface area contributed by atoms with Gasteiger partial charge in [-0.25, -0.2) is 4.79 Å². The van der Waals surface area contributed by atoms with Gasteiger partial charge in [-0.05, 0) is 77.0 Å². The standard InChI is InChI=1S/C35H70N2O5/c1-4-7-20-31-41-42-35(39)25-17-13-11-15-19-29-37(30-21-27-36)28-18-14-10-12-16-24-34(38)40-32-26-33(22-8-5-2)23-9-6-3/h33H,4-32,36H2,1-3H3. The van der Waals surface area contributed by atoms with E-state index in [-0.39, 0.29) is 11.9 Å². The van der Waals surface area contributed by atoms with Gasteiger partial charge in [0.25, 0.3) is 0 Å². The number of hydrogen-bond acceptors (Lipinski definition) is 7. The predicted octanol–water partition coefficient (Wildman–Crippen LogP) is 8.91. The van der Waals surface area contributed by atoms with Crippen LogP contribution in [-0.2, 0) is 24.1 Å². The maximum atomic E-state index is 12.1. The van der Waals surface area contributed by atoms with Crippen molar-refractivity contribution in [2.75, 3.05) is 39.4 Å². The molecule has 0 atom stereocenters. The number of unbranched alkanes of at least 4 members (excludes halogenated alkanes) is 12. The van der Waals surface area contributed by atoms with E-state index in [1.165, 1.54) is 70.6 Å². The van der Waals surface area contributed by atoms with Crippen LogP contribution < -0.4 is 5.73 Å². The van der Waals surface area contributed by atoms with Gasteiger partial charge in [0.2, 0.25) is 0 Å². The third kappa shape index (κ3) is 28.9. The first-order chi connectivity index (χ1) is 20.6. The monoisotopic (exact) mass is 599 g/mol. The highest BCUT2D eigenvalue weighted by Crippen LogP contribution is 2.20. The molecule has 0 bridgehead atoms. The largest absolute Gasteiger partial charge is 0.466 e. The zero-order valence-electron chi connectivity index (χ0n) is 28.1. The summed E-state index contributed by atoms with van der Waals surface area (Å²) >= 11 is 0. The molecule has 42 heavy (non-hydrogen) atoms. The lowest BCUT2D eigenvalue weighted by Crippen LogP contribution is -2.28. The van der Waals surface area contributed by atoms with Crippen LogP contribution in [0.15, 0.2) is 0 Å². The first-order valence-corrected chi connectivity index (χ1v) is 18.0. The van der Waals surface area contributed by atoms with E-state index in [0.717, 1.165) is 90.4 Å². The molecule has 250 valence electrons. The van der Waals surface area contributed by atoms with Crippen LogP contribution in [0.1, 0.15) is 168 Å². The molecule has 7 nitrogen and oxygen atoms in total. The lowest BCUT2D eigenvalue weighted by atomic mass is 9.93. The lowest BCUT2D eigenvalue weighted by Gasteiger charge is -2.22. The predicted molar refractivity (Wildman–Crippen MR) is 175 cm³/mol. The Labute approximate surface area is 260 Å². The van der Waals surface area contributed by atoms with Crippen molar-refractivity contribution >= 4 is 11.9 Å². The highest BCUT2D eigenvalue weighted by atomic mass is 17.2. The van der Waals surface area contributed by atoms with Crippen LogP contribution in [0.5, 0.6) is 0 Å². The van der Waals surface area contributed by atoms with Crippen molar-refractivity contribution in [2.24, 2.45) is 11.7 Å². The molecule has 0 fully saturated rings. The average Bonchev–Trinajstić information content (AvgIpc) is 2.99. The lowest BCUT2D eigenvalue weighted by molar-refractivity contribution is -0.272. The molecule has 0 aromatic heterocycles. The van der Waals surface area contributed by atoms with Crippen molar-refractivity contribution in [3.05, 3.63) is 0 Å². The SMILES string of the molecule is CCCCCOOC(=O)CCCCCCCN(CCCN)CCCCCCCC(=O)OCCC(CCCC)CCCC. The summed E-state index contributed by atoms with van der Waals surface area (Å²) in [6, 6.07) is 0. The molecule has 0 heterocycles. The van der Waals surface area contributed by atoms with E-state index < -0.39 is 0 Å². The summed E-state index contributed by atoms with van der Waals surface area (Å²) in [5.74, 6) is 0.452. The summed E-state index contributed by atoms with van der Waals surface area (Å²) < 4.78 is 5.55. The van der Waals surface area contributed by atoms with Gasteiger partial charge in [0, 0.05) is 12.8 Å². The van der Waals surface area contributed by atoms with E-state index in [4.69, 9.17) is 20.2 Å². The highest BCUT2D eigenvalue weighted by Gasteiger charge is 2.10. The summed E-state index contributed by atoms with van der Waals surface area (Å²) in [5.41, 5.74) is 5.77. The quantitative estimate of drug-likeness (QED) is 0.0349. The van der Waals surface area contributed by atoms with Gasteiger partial charge in [-0.15, -0.1) is 0 Å². The first-order valence-electron chi connectivity index (χ1n) is 18.0. The molecule has 0 aliphatic heterocycles. The van der Waals surface area contributed by atoms with Crippen LogP contribution >= 0.6 is 0 Å². The number of ether oxygens (including phenoxy) is 1. The maximum Gasteiger partial charge on any atom is 0.342 e. The number of nitrogens with zero attached hydrogens (tertiary/aromatic N) is 1. The van der Waals surface area contributed by atoms with Gasteiger partial charge in [-0.2, -0.15) is 4.89 Å². The topological polar surface area (TPSA) is 91.1 Å². The van der Waals surface area contributed by atoms with E-state index in [0.29, 0.717) is 32.0 Å². The van der Waals surface area contributed by atoms with Gasteiger partial charge in [-0.1, -0.05) is 111 Å². The van der Waals surface area contributed by atoms with E-state index in [9.17, 15) is 9.59 Å². The van der Waals surface area contributed by atoms with Gasteiger partial charge in [-0.3, -0.25) is 9.68 Å². The second-order valence-electron chi connectivity index (χ2n) is 12.2. The number of carbonyl (C=O) groups excluding carboxylic acids is 2. The molecule has 0 radical (unpaired) electrons. The van der Waals surface area contributed by atoms with Crippen molar-refractivity contribution in [2.45, 2.75) is 168 Å². The number of rotatable bonds is 33. The van der Waals surface area contributed by atoms with Crippen LogP contribution in [0.25, 0.3) is 0 Å². The van der Waals surface area contributed by atoms with Crippen LogP contribution in [0.3, 0.4) is 0 Å². The molecule has 0 amide bonds. The summed E-state index contributed by atoms with van der Waals surface area (Å²) in [4.78, 5) is 36.2. The minimum Gasteiger partial charge on any atom is -0.466 e. The van der Waals surface area contributed by atoms with Crippen molar-refractivity contribution in [3.63, 3.8) is 0 Å². The van der Waals surface area contributed by atoms with Crippen LogP contribution in [0, 0.1) is 5.92 Å². The van der Waals surface area contributed by atoms with Gasteiger partial charge in [0.15, 0.2) is 0 Å². The molecule has 7 heteroatoms. The van der Waals surface area contributed by atoms with Crippen molar-refractivity contribution in [1.29, 1.82) is 0 Å². The molecular weight excluding hydrogens is 528 g/mol. The fraction of sp³-hybridized carbons (Fsp3) is 0.943. The minimum absolute atomic E-state index is 0.0144. The van der Waals surface area contributed by atoms with Gasteiger partial charge in [0.1, 0.15) is 0 Å². The van der Waals surface area contributed by atoms with Crippen LogP contribution in [0.2, 0.25) is 0 Å². The van der Waals surface area contributed by atoms with E-state index in [1.54, 1.807) is 0 Å². The Morgan fingerprint density at radius 3 is 1.67 bits per heavy atom. The Morgan fingerprint density at radius 2 is 1.10 bits per heavy atom. The summed E-state index contributed by atoms with van der Waals surface area (Å²) in [7, 11) is 0.